The Morgan fingerprint density at radius 3 is 2.59 bits per heavy atom. The van der Waals surface area contributed by atoms with Crippen molar-refractivity contribution in [3.8, 4) is 0 Å². The highest BCUT2D eigenvalue weighted by molar-refractivity contribution is 5.71. The number of nitrogens with two attached hydrogens (primary N) is 1. The average molecular weight is 309 g/mol. The molecule has 1 fully saturated rings. The molecule has 0 spiro atoms. The van der Waals surface area contributed by atoms with E-state index in [0.29, 0.717) is 25.3 Å². The zero-order chi connectivity index (χ0) is 16.5. The molecule has 0 saturated carbocycles. The van der Waals surface area contributed by atoms with Crippen LogP contribution in [-0.2, 0) is 4.74 Å². The number of amides is 1. The van der Waals surface area contributed by atoms with E-state index in [0.717, 1.165) is 5.69 Å². The molecule has 1 aromatic rings. The quantitative estimate of drug-likeness (QED) is 0.810. The highest BCUT2D eigenvalue weighted by Crippen LogP contribution is 2.27. The van der Waals surface area contributed by atoms with Gasteiger partial charge in [-0.2, -0.15) is 0 Å². The molecule has 22 heavy (non-hydrogen) atoms. The summed E-state index contributed by atoms with van der Waals surface area (Å²) < 4.78 is 18.6. The van der Waals surface area contributed by atoms with Gasteiger partial charge in [-0.15, -0.1) is 0 Å². The smallest absolute Gasteiger partial charge is 0.410 e. The fourth-order valence-corrected chi connectivity index (χ4v) is 2.58. The number of ether oxygens (including phenoxy) is 1. The molecule has 1 atom stereocenters. The van der Waals surface area contributed by atoms with Gasteiger partial charge in [0.2, 0.25) is 0 Å². The minimum atomic E-state index is -0.505. The second-order valence-electron chi connectivity index (χ2n) is 6.67. The van der Waals surface area contributed by atoms with E-state index in [1.165, 1.54) is 12.1 Å². The maximum Gasteiger partial charge on any atom is 0.410 e. The number of hydrogen-bond donors (Lipinski definition) is 1. The van der Waals surface area contributed by atoms with Crippen molar-refractivity contribution in [1.82, 2.24) is 4.90 Å². The third-order valence-electron chi connectivity index (χ3n) is 3.59. The van der Waals surface area contributed by atoms with E-state index in [9.17, 15) is 9.18 Å². The number of hydrogen-bond acceptors (Lipinski definition) is 4. The third-order valence-corrected chi connectivity index (χ3v) is 3.59. The van der Waals surface area contributed by atoms with Gasteiger partial charge in [-0.25, -0.2) is 9.18 Å². The van der Waals surface area contributed by atoms with Gasteiger partial charge >= 0.3 is 6.09 Å². The molecule has 2 N–H and O–H groups in total. The minimum Gasteiger partial charge on any atom is -0.444 e. The van der Waals surface area contributed by atoms with E-state index in [-0.39, 0.29) is 18.0 Å². The van der Waals surface area contributed by atoms with Gasteiger partial charge in [0, 0.05) is 25.7 Å². The molecule has 1 unspecified atom stereocenters. The SMILES string of the molecule is CC1CN(c2ccc(F)cc2N)CCN1C(=O)OC(C)(C)C. The molecule has 1 aliphatic rings. The Morgan fingerprint density at radius 2 is 2.05 bits per heavy atom. The largest absolute Gasteiger partial charge is 0.444 e. The van der Waals surface area contributed by atoms with Crippen LogP contribution in [-0.4, -0.2) is 42.3 Å². The number of anilines is 2. The Kier molecular flexibility index (Phi) is 4.49. The Bertz CT molecular complexity index is 557. The van der Waals surface area contributed by atoms with E-state index in [1.54, 1.807) is 11.0 Å². The number of carbonyl (C=O) groups is 1. The first-order valence-electron chi connectivity index (χ1n) is 7.47. The summed E-state index contributed by atoms with van der Waals surface area (Å²) in [6.07, 6.45) is -0.299. The molecular weight excluding hydrogens is 285 g/mol. The van der Waals surface area contributed by atoms with Gasteiger partial charge in [0.05, 0.1) is 11.4 Å². The zero-order valence-corrected chi connectivity index (χ0v) is 13.6. The molecule has 1 heterocycles. The van der Waals surface area contributed by atoms with Crippen molar-refractivity contribution in [2.45, 2.75) is 39.3 Å². The minimum absolute atomic E-state index is 0.00643. The van der Waals surface area contributed by atoms with Crippen molar-refractivity contribution in [3.05, 3.63) is 24.0 Å². The van der Waals surface area contributed by atoms with Crippen molar-refractivity contribution < 1.29 is 13.9 Å². The van der Waals surface area contributed by atoms with Crippen LogP contribution >= 0.6 is 0 Å². The lowest BCUT2D eigenvalue weighted by atomic mass is 10.1. The number of nitrogens with zero attached hydrogens (tertiary/aromatic N) is 2. The Balaban J connectivity index is 2.05. The van der Waals surface area contributed by atoms with Crippen LogP contribution in [0.2, 0.25) is 0 Å². The van der Waals surface area contributed by atoms with Crippen molar-refractivity contribution in [2.24, 2.45) is 0 Å². The summed E-state index contributed by atoms with van der Waals surface area (Å²) >= 11 is 0. The molecule has 0 aliphatic carbocycles. The van der Waals surface area contributed by atoms with Gasteiger partial charge in [-0.1, -0.05) is 0 Å². The summed E-state index contributed by atoms with van der Waals surface area (Å²) in [5.41, 5.74) is 6.60. The van der Waals surface area contributed by atoms with E-state index < -0.39 is 5.60 Å². The molecule has 2 rings (SSSR count). The van der Waals surface area contributed by atoms with Crippen LogP contribution in [0.3, 0.4) is 0 Å². The molecule has 0 bridgehead atoms. The number of piperazine rings is 1. The lowest BCUT2D eigenvalue weighted by Gasteiger charge is -2.41. The molecular formula is C16H24FN3O2. The van der Waals surface area contributed by atoms with Crippen LogP contribution < -0.4 is 10.6 Å². The second kappa shape index (κ2) is 6.02. The lowest BCUT2D eigenvalue weighted by Crippen LogP contribution is -2.55. The fraction of sp³-hybridized carbons (Fsp3) is 0.562. The fourth-order valence-electron chi connectivity index (χ4n) is 2.58. The lowest BCUT2D eigenvalue weighted by molar-refractivity contribution is 0.0159. The van der Waals surface area contributed by atoms with E-state index >= 15 is 0 Å². The Hall–Kier alpha value is -1.98. The van der Waals surface area contributed by atoms with Gasteiger partial charge < -0.3 is 20.3 Å². The molecule has 5 nitrogen and oxygen atoms in total. The van der Waals surface area contributed by atoms with Crippen LogP contribution in [0.4, 0.5) is 20.6 Å². The highest BCUT2D eigenvalue weighted by Gasteiger charge is 2.31. The summed E-state index contributed by atoms with van der Waals surface area (Å²) in [4.78, 5) is 16.0. The summed E-state index contributed by atoms with van der Waals surface area (Å²) in [5, 5.41) is 0. The van der Waals surface area contributed by atoms with Crippen LogP contribution in [0.5, 0.6) is 0 Å². The maximum atomic E-state index is 13.1. The molecule has 1 saturated heterocycles. The summed E-state index contributed by atoms with van der Waals surface area (Å²) in [6.45, 7) is 9.35. The van der Waals surface area contributed by atoms with Crippen molar-refractivity contribution in [3.63, 3.8) is 0 Å². The van der Waals surface area contributed by atoms with Crippen molar-refractivity contribution >= 4 is 17.5 Å². The normalized spacial score (nSPS) is 19.2. The Morgan fingerprint density at radius 1 is 1.36 bits per heavy atom. The average Bonchev–Trinajstić information content (AvgIpc) is 2.36. The van der Waals surface area contributed by atoms with Crippen LogP contribution in [0.25, 0.3) is 0 Å². The van der Waals surface area contributed by atoms with Gasteiger partial charge in [0.15, 0.2) is 0 Å². The summed E-state index contributed by atoms with van der Waals surface area (Å²) in [6, 6.07) is 4.39. The number of halogens is 1. The second-order valence-corrected chi connectivity index (χ2v) is 6.67. The molecule has 122 valence electrons. The van der Waals surface area contributed by atoms with Gasteiger partial charge in [-0.3, -0.25) is 0 Å². The van der Waals surface area contributed by atoms with Crippen LogP contribution in [0.15, 0.2) is 18.2 Å². The molecule has 1 amide bonds. The number of benzene rings is 1. The number of nitrogen functional groups attached to an aromatic ring is 1. The van der Waals surface area contributed by atoms with Gasteiger partial charge in [-0.05, 0) is 45.9 Å². The number of rotatable bonds is 1. The summed E-state index contributed by atoms with van der Waals surface area (Å²) in [7, 11) is 0. The van der Waals surface area contributed by atoms with Crippen LogP contribution in [0, 0.1) is 5.82 Å². The van der Waals surface area contributed by atoms with E-state index in [1.807, 2.05) is 27.7 Å². The molecule has 0 radical (unpaired) electrons. The zero-order valence-electron chi connectivity index (χ0n) is 13.6. The van der Waals surface area contributed by atoms with Gasteiger partial charge in [0.1, 0.15) is 11.4 Å². The van der Waals surface area contributed by atoms with Gasteiger partial charge in [0.25, 0.3) is 0 Å². The standard InChI is InChI=1S/C16H24FN3O2/c1-11-10-19(14-6-5-12(17)9-13(14)18)7-8-20(11)15(21)22-16(2,3)4/h5-6,9,11H,7-8,10,18H2,1-4H3. The highest BCUT2D eigenvalue weighted by atomic mass is 19.1. The van der Waals surface area contributed by atoms with E-state index in [2.05, 4.69) is 4.90 Å². The maximum absolute atomic E-state index is 13.1. The third kappa shape index (κ3) is 3.81. The predicted octanol–water partition coefficient (Wildman–Crippen LogP) is 2.85. The van der Waals surface area contributed by atoms with Crippen molar-refractivity contribution in [1.29, 1.82) is 0 Å². The predicted molar refractivity (Wildman–Crippen MR) is 85.4 cm³/mol. The summed E-state index contributed by atoms with van der Waals surface area (Å²) in [5.74, 6) is -0.346. The first-order chi connectivity index (χ1) is 10.2. The first kappa shape index (κ1) is 16.4. The van der Waals surface area contributed by atoms with Crippen molar-refractivity contribution in [2.75, 3.05) is 30.3 Å². The molecule has 1 aliphatic heterocycles. The monoisotopic (exact) mass is 309 g/mol. The Labute approximate surface area is 130 Å². The van der Waals surface area contributed by atoms with E-state index in [4.69, 9.17) is 10.5 Å². The number of carbonyl (C=O) groups excluding carboxylic acids is 1. The topological polar surface area (TPSA) is 58.8 Å². The molecule has 6 heteroatoms. The first-order valence-corrected chi connectivity index (χ1v) is 7.47. The molecule has 1 aromatic carbocycles. The molecule has 0 aromatic heterocycles. The van der Waals surface area contributed by atoms with Crippen LogP contribution in [0.1, 0.15) is 27.7 Å².